The topological polar surface area (TPSA) is 59.8 Å². The average Bonchev–Trinajstić information content (AvgIpc) is 2.85. The van der Waals surface area contributed by atoms with E-state index in [9.17, 15) is 4.79 Å². The molecule has 1 atom stereocenters. The molecular weight excluding hydrogens is 340 g/mol. The predicted octanol–water partition coefficient (Wildman–Crippen LogP) is 3.13. The lowest BCUT2D eigenvalue weighted by Crippen LogP contribution is -2.24. The van der Waals surface area contributed by atoms with Crippen molar-refractivity contribution < 1.29 is 0 Å². The maximum atomic E-state index is 12.1. The van der Waals surface area contributed by atoms with E-state index < -0.39 is 0 Å². The Bertz CT molecular complexity index is 679. The summed E-state index contributed by atoms with van der Waals surface area (Å²) in [5.74, 6) is 0. The quantitative estimate of drug-likeness (QED) is 0.838. The molecule has 5 nitrogen and oxygen atoms in total. The van der Waals surface area contributed by atoms with Gasteiger partial charge in [0.05, 0.1) is 24.5 Å². The van der Waals surface area contributed by atoms with Gasteiger partial charge in [-0.1, -0.05) is 6.08 Å². The first-order chi connectivity index (χ1) is 9.52. The first-order valence-corrected chi connectivity index (χ1v) is 7.69. The number of allylic oxidation sites excluding steroid dienone is 1. The van der Waals surface area contributed by atoms with Gasteiger partial charge in [-0.05, 0) is 29.8 Å². The van der Waals surface area contributed by atoms with Gasteiger partial charge in [0.1, 0.15) is 9.48 Å². The van der Waals surface area contributed by atoms with Crippen molar-refractivity contribution in [2.75, 3.05) is 5.32 Å². The Morgan fingerprint density at radius 1 is 1.60 bits per heavy atom. The third-order valence-electron chi connectivity index (χ3n) is 2.67. The number of halogens is 1. The van der Waals surface area contributed by atoms with Crippen LogP contribution in [0.1, 0.15) is 22.9 Å². The summed E-state index contributed by atoms with van der Waals surface area (Å²) in [5, 5.41) is 8.33. The maximum absolute atomic E-state index is 12.1. The number of hydrogen-bond donors (Lipinski definition) is 1. The molecule has 7 heteroatoms. The van der Waals surface area contributed by atoms with Crippen molar-refractivity contribution >= 4 is 33.0 Å². The molecule has 0 fully saturated rings. The molecule has 0 radical (unpaired) electrons. The van der Waals surface area contributed by atoms with Crippen LogP contribution in [0.15, 0.2) is 34.3 Å². The Morgan fingerprint density at radius 2 is 2.35 bits per heavy atom. The highest BCUT2D eigenvalue weighted by molar-refractivity contribution is 9.10. The Balaban J connectivity index is 2.24. The van der Waals surface area contributed by atoms with Gasteiger partial charge in [0, 0.05) is 11.1 Å². The fraction of sp³-hybridized carbons (Fsp3) is 0.308. The second-order valence-electron chi connectivity index (χ2n) is 4.32. The second kappa shape index (κ2) is 6.32. The van der Waals surface area contributed by atoms with Crippen LogP contribution in [-0.4, -0.2) is 14.8 Å². The highest BCUT2D eigenvalue weighted by Gasteiger charge is 2.13. The van der Waals surface area contributed by atoms with Crippen LogP contribution in [0, 0.1) is 6.92 Å². The molecule has 0 aromatic carbocycles. The van der Waals surface area contributed by atoms with E-state index in [0.717, 1.165) is 9.88 Å². The second-order valence-corrected chi connectivity index (χ2v) is 6.38. The van der Waals surface area contributed by atoms with Gasteiger partial charge in [0.15, 0.2) is 0 Å². The highest BCUT2D eigenvalue weighted by atomic mass is 79.9. The van der Waals surface area contributed by atoms with E-state index in [2.05, 4.69) is 37.9 Å². The summed E-state index contributed by atoms with van der Waals surface area (Å²) in [5.41, 5.74) is 0.480. The third kappa shape index (κ3) is 3.16. The van der Waals surface area contributed by atoms with Crippen LogP contribution in [0.3, 0.4) is 0 Å². The number of anilines is 1. The van der Waals surface area contributed by atoms with Gasteiger partial charge in [-0.2, -0.15) is 5.10 Å². The first kappa shape index (κ1) is 14.9. The molecule has 1 N–H and O–H groups in total. The summed E-state index contributed by atoms with van der Waals surface area (Å²) in [6.07, 6.45) is 5.11. The van der Waals surface area contributed by atoms with E-state index in [1.165, 1.54) is 4.68 Å². The number of nitrogens with zero attached hydrogens (tertiary/aromatic N) is 3. The Labute approximate surface area is 129 Å². The lowest BCUT2D eigenvalue weighted by molar-refractivity contribution is 0.647. The van der Waals surface area contributed by atoms with Gasteiger partial charge in [-0.15, -0.1) is 17.9 Å². The van der Waals surface area contributed by atoms with E-state index in [1.54, 1.807) is 23.6 Å². The number of aromatic nitrogens is 3. The lowest BCUT2D eigenvalue weighted by atomic mass is 10.3. The van der Waals surface area contributed by atoms with Crippen molar-refractivity contribution in [3.05, 3.63) is 49.8 Å². The lowest BCUT2D eigenvalue weighted by Gasteiger charge is -2.14. The summed E-state index contributed by atoms with van der Waals surface area (Å²) in [6, 6.07) is 0.0152. The number of aryl methyl sites for hydroxylation is 1. The zero-order valence-electron chi connectivity index (χ0n) is 11.3. The van der Waals surface area contributed by atoms with Crippen molar-refractivity contribution in [1.82, 2.24) is 14.8 Å². The minimum absolute atomic E-state index is 0.0152. The summed E-state index contributed by atoms with van der Waals surface area (Å²) in [7, 11) is 0. The van der Waals surface area contributed by atoms with Crippen LogP contribution in [0.2, 0.25) is 0 Å². The fourth-order valence-electron chi connectivity index (χ4n) is 1.69. The molecule has 1 unspecified atom stereocenters. The van der Waals surface area contributed by atoms with Crippen molar-refractivity contribution in [3.63, 3.8) is 0 Å². The van der Waals surface area contributed by atoms with E-state index >= 15 is 0 Å². The standard InChI is InChI=1S/C13H15BrN4OS/c1-4-5-18-13(19)11(14)10(7-16-18)17-9(3)12-15-6-8(2)20-12/h4,6-7,9,17H,1,5H2,2-3H3. The van der Waals surface area contributed by atoms with Gasteiger partial charge < -0.3 is 5.32 Å². The summed E-state index contributed by atoms with van der Waals surface area (Å²) in [4.78, 5) is 17.5. The Morgan fingerprint density at radius 3 is 2.95 bits per heavy atom. The molecule has 0 aliphatic rings. The molecule has 2 aromatic rings. The zero-order chi connectivity index (χ0) is 14.7. The van der Waals surface area contributed by atoms with E-state index in [4.69, 9.17) is 0 Å². The van der Waals surface area contributed by atoms with Crippen molar-refractivity contribution in [1.29, 1.82) is 0 Å². The van der Waals surface area contributed by atoms with Gasteiger partial charge in [-0.3, -0.25) is 4.79 Å². The van der Waals surface area contributed by atoms with Crippen LogP contribution < -0.4 is 10.9 Å². The number of hydrogen-bond acceptors (Lipinski definition) is 5. The molecule has 106 valence electrons. The van der Waals surface area contributed by atoms with Crippen molar-refractivity contribution in [2.45, 2.75) is 26.4 Å². The van der Waals surface area contributed by atoms with Crippen molar-refractivity contribution in [2.24, 2.45) is 0 Å². The van der Waals surface area contributed by atoms with Crippen LogP contribution in [-0.2, 0) is 6.54 Å². The van der Waals surface area contributed by atoms with Crippen LogP contribution >= 0.6 is 27.3 Å². The third-order valence-corrected chi connectivity index (χ3v) is 4.53. The smallest absolute Gasteiger partial charge is 0.283 e. The SMILES string of the molecule is C=CCn1ncc(NC(C)c2ncc(C)s2)c(Br)c1=O. The highest BCUT2D eigenvalue weighted by Crippen LogP contribution is 2.25. The molecule has 0 aliphatic carbocycles. The average molecular weight is 355 g/mol. The van der Waals surface area contributed by atoms with E-state index in [0.29, 0.717) is 16.7 Å². The summed E-state index contributed by atoms with van der Waals surface area (Å²) < 4.78 is 1.81. The number of nitrogens with one attached hydrogen (secondary N) is 1. The Kier molecular flexibility index (Phi) is 4.72. The van der Waals surface area contributed by atoms with E-state index in [-0.39, 0.29) is 11.6 Å². The maximum Gasteiger partial charge on any atom is 0.283 e. The molecule has 0 bridgehead atoms. The zero-order valence-corrected chi connectivity index (χ0v) is 13.7. The normalized spacial score (nSPS) is 12.2. The molecule has 0 aliphatic heterocycles. The van der Waals surface area contributed by atoms with Gasteiger partial charge >= 0.3 is 0 Å². The van der Waals surface area contributed by atoms with Crippen LogP contribution in [0.4, 0.5) is 5.69 Å². The molecule has 0 saturated heterocycles. The van der Waals surface area contributed by atoms with Gasteiger partial charge in [-0.25, -0.2) is 9.67 Å². The number of rotatable bonds is 5. The van der Waals surface area contributed by atoms with Crippen LogP contribution in [0.25, 0.3) is 0 Å². The van der Waals surface area contributed by atoms with Crippen molar-refractivity contribution in [3.8, 4) is 0 Å². The summed E-state index contributed by atoms with van der Waals surface area (Å²) in [6.45, 7) is 8.01. The molecule has 0 saturated carbocycles. The minimum Gasteiger partial charge on any atom is -0.374 e. The molecule has 20 heavy (non-hydrogen) atoms. The predicted molar refractivity (Wildman–Crippen MR) is 85.3 cm³/mol. The molecule has 2 heterocycles. The summed E-state index contributed by atoms with van der Waals surface area (Å²) >= 11 is 4.95. The Hall–Kier alpha value is -1.47. The monoisotopic (exact) mass is 354 g/mol. The minimum atomic E-state index is -0.183. The van der Waals surface area contributed by atoms with Crippen LogP contribution in [0.5, 0.6) is 0 Å². The van der Waals surface area contributed by atoms with E-state index in [1.807, 2.05) is 20.0 Å². The van der Waals surface area contributed by atoms with Gasteiger partial charge in [0.25, 0.3) is 5.56 Å². The molecule has 2 rings (SSSR count). The molecule has 0 spiro atoms. The fourth-order valence-corrected chi connectivity index (χ4v) is 2.88. The largest absolute Gasteiger partial charge is 0.374 e. The molecule has 2 aromatic heterocycles. The van der Waals surface area contributed by atoms with Gasteiger partial charge in [0.2, 0.25) is 0 Å². The number of thiazole rings is 1. The molecular formula is C13H15BrN4OS. The molecule has 0 amide bonds. The first-order valence-electron chi connectivity index (χ1n) is 6.08.